The van der Waals surface area contributed by atoms with Gasteiger partial charge >= 0.3 is 6.03 Å². The highest BCUT2D eigenvalue weighted by Gasteiger charge is 2.22. The molecule has 0 aliphatic carbocycles. The van der Waals surface area contributed by atoms with E-state index in [-0.39, 0.29) is 11.9 Å². The van der Waals surface area contributed by atoms with Crippen LogP contribution in [-0.4, -0.2) is 50.1 Å². The summed E-state index contributed by atoms with van der Waals surface area (Å²) in [5, 5.41) is 5.60. The minimum Gasteiger partial charge on any atom is -0.378 e. The molecule has 0 unspecified atom stereocenters. The molecule has 0 bridgehead atoms. The Labute approximate surface area is 150 Å². The Bertz CT molecular complexity index is 589. The van der Waals surface area contributed by atoms with Crippen molar-refractivity contribution in [1.82, 2.24) is 15.5 Å². The molecule has 0 spiro atoms. The Kier molecular flexibility index (Phi) is 7.10. The lowest BCUT2D eigenvalue weighted by Gasteiger charge is -2.33. The minimum absolute atomic E-state index is 0.131. The van der Waals surface area contributed by atoms with Crippen LogP contribution in [0.4, 0.5) is 10.5 Å². The highest BCUT2D eigenvalue weighted by Crippen LogP contribution is 2.17. The molecule has 0 radical (unpaired) electrons. The van der Waals surface area contributed by atoms with Crippen LogP contribution in [0.2, 0.25) is 0 Å². The third-order valence-electron chi connectivity index (χ3n) is 4.63. The van der Waals surface area contributed by atoms with Gasteiger partial charge in [0, 0.05) is 51.9 Å². The molecule has 6 nitrogen and oxygen atoms in total. The fraction of sp³-hybridized carbons (Fsp3) is 0.579. The van der Waals surface area contributed by atoms with Gasteiger partial charge in [0.05, 0.1) is 0 Å². The predicted octanol–water partition coefficient (Wildman–Crippen LogP) is 2.34. The second-order valence-corrected chi connectivity index (χ2v) is 6.86. The lowest BCUT2D eigenvalue weighted by atomic mass is 10.0. The molecule has 1 saturated heterocycles. The average molecular weight is 346 g/mol. The monoisotopic (exact) mass is 346 g/mol. The molecule has 1 aliphatic heterocycles. The normalized spacial score (nSPS) is 17.1. The summed E-state index contributed by atoms with van der Waals surface area (Å²) in [6, 6.07) is 8.10. The van der Waals surface area contributed by atoms with Crippen molar-refractivity contribution in [3.8, 4) is 0 Å². The van der Waals surface area contributed by atoms with Gasteiger partial charge in [0.1, 0.15) is 0 Å². The summed E-state index contributed by atoms with van der Waals surface area (Å²) in [5.41, 5.74) is 2.14. The average Bonchev–Trinajstić information content (AvgIpc) is 2.60. The summed E-state index contributed by atoms with van der Waals surface area (Å²) in [4.78, 5) is 28.1. The van der Waals surface area contributed by atoms with E-state index < -0.39 is 0 Å². The lowest BCUT2D eigenvalue weighted by molar-refractivity contribution is -0.134. The number of hydrogen-bond acceptors (Lipinski definition) is 3. The largest absolute Gasteiger partial charge is 0.378 e. The number of nitrogens with one attached hydrogen (secondary N) is 2. The fourth-order valence-corrected chi connectivity index (χ4v) is 3.08. The zero-order chi connectivity index (χ0) is 18.2. The molecule has 0 saturated carbocycles. The standard InChI is InChI=1S/C19H30N4O2/c1-15-7-4-5-12-23(15)18(24)10-11-20-19(25)21-14-16-8-6-9-17(13-16)22(2)3/h6,8-9,13,15H,4-5,7,10-12,14H2,1-3H3,(H2,20,21,25)/t15-/m1/s1. The molecule has 1 atom stereocenters. The van der Waals surface area contributed by atoms with Crippen LogP contribution in [0.5, 0.6) is 0 Å². The number of anilines is 1. The van der Waals surface area contributed by atoms with E-state index >= 15 is 0 Å². The third kappa shape index (κ3) is 5.96. The molecule has 6 heteroatoms. The molecule has 2 N–H and O–H groups in total. The van der Waals surface area contributed by atoms with Gasteiger partial charge in [0.25, 0.3) is 0 Å². The zero-order valence-electron chi connectivity index (χ0n) is 15.5. The quantitative estimate of drug-likeness (QED) is 0.831. The van der Waals surface area contributed by atoms with Gasteiger partial charge in [-0.25, -0.2) is 4.79 Å². The summed E-state index contributed by atoms with van der Waals surface area (Å²) in [6.45, 7) is 3.77. The Morgan fingerprint density at radius 3 is 2.76 bits per heavy atom. The number of carbonyl (C=O) groups excluding carboxylic acids is 2. The Hall–Kier alpha value is -2.24. The van der Waals surface area contributed by atoms with E-state index in [4.69, 9.17) is 0 Å². The number of rotatable bonds is 6. The molecule has 1 heterocycles. The van der Waals surface area contributed by atoms with Crippen molar-refractivity contribution in [3.05, 3.63) is 29.8 Å². The first-order chi connectivity index (χ1) is 12.0. The van der Waals surface area contributed by atoms with Gasteiger partial charge in [0.15, 0.2) is 0 Å². The first kappa shape index (κ1) is 19.1. The van der Waals surface area contributed by atoms with Crippen LogP contribution in [0.3, 0.4) is 0 Å². The summed E-state index contributed by atoms with van der Waals surface area (Å²) in [5.74, 6) is 0.131. The Balaban J connectivity index is 1.68. The van der Waals surface area contributed by atoms with Crippen LogP contribution in [0.1, 0.15) is 38.2 Å². The van der Waals surface area contributed by atoms with E-state index in [0.29, 0.717) is 25.6 Å². The number of likely N-dealkylation sites (tertiary alicyclic amines) is 1. The summed E-state index contributed by atoms with van der Waals surface area (Å²) < 4.78 is 0. The van der Waals surface area contributed by atoms with Crippen LogP contribution >= 0.6 is 0 Å². The molecule has 1 aromatic carbocycles. The van der Waals surface area contributed by atoms with E-state index in [9.17, 15) is 9.59 Å². The van der Waals surface area contributed by atoms with Crippen molar-refractivity contribution in [2.45, 2.75) is 45.2 Å². The smallest absolute Gasteiger partial charge is 0.315 e. The summed E-state index contributed by atoms with van der Waals surface area (Å²) in [6.07, 6.45) is 3.70. The van der Waals surface area contributed by atoms with Crippen LogP contribution in [0.25, 0.3) is 0 Å². The van der Waals surface area contributed by atoms with Gasteiger partial charge in [0.2, 0.25) is 5.91 Å². The molecule has 138 valence electrons. The first-order valence-electron chi connectivity index (χ1n) is 9.05. The second kappa shape index (κ2) is 9.30. The lowest BCUT2D eigenvalue weighted by Crippen LogP contribution is -2.44. The summed E-state index contributed by atoms with van der Waals surface area (Å²) >= 11 is 0. The molecule has 25 heavy (non-hydrogen) atoms. The van der Waals surface area contributed by atoms with Crippen molar-refractivity contribution in [2.24, 2.45) is 0 Å². The number of benzene rings is 1. The van der Waals surface area contributed by atoms with E-state index in [1.165, 1.54) is 6.42 Å². The predicted molar refractivity (Wildman–Crippen MR) is 101 cm³/mol. The van der Waals surface area contributed by atoms with Crippen molar-refractivity contribution >= 4 is 17.6 Å². The second-order valence-electron chi connectivity index (χ2n) is 6.86. The molecule has 1 aliphatic rings. The number of piperidine rings is 1. The van der Waals surface area contributed by atoms with Crippen LogP contribution in [0, 0.1) is 0 Å². The van der Waals surface area contributed by atoms with E-state index in [2.05, 4.69) is 17.6 Å². The molecule has 3 amide bonds. The van der Waals surface area contributed by atoms with Crippen molar-refractivity contribution < 1.29 is 9.59 Å². The van der Waals surface area contributed by atoms with Crippen molar-refractivity contribution in [1.29, 1.82) is 0 Å². The molecular weight excluding hydrogens is 316 g/mol. The van der Waals surface area contributed by atoms with E-state index in [1.54, 1.807) is 0 Å². The first-order valence-corrected chi connectivity index (χ1v) is 9.05. The highest BCUT2D eigenvalue weighted by atomic mass is 16.2. The van der Waals surface area contributed by atoms with Gasteiger partial charge in [-0.15, -0.1) is 0 Å². The van der Waals surface area contributed by atoms with Gasteiger partial charge in [-0.1, -0.05) is 12.1 Å². The Morgan fingerprint density at radius 1 is 1.24 bits per heavy atom. The Morgan fingerprint density at radius 2 is 2.04 bits per heavy atom. The van der Waals surface area contributed by atoms with E-state index in [1.807, 2.05) is 48.2 Å². The fourth-order valence-electron chi connectivity index (χ4n) is 3.08. The van der Waals surface area contributed by atoms with Crippen LogP contribution in [-0.2, 0) is 11.3 Å². The number of amides is 3. The van der Waals surface area contributed by atoms with E-state index in [0.717, 1.165) is 30.6 Å². The maximum Gasteiger partial charge on any atom is 0.315 e. The van der Waals surface area contributed by atoms with Gasteiger partial charge in [-0.2, -0.15) is 0 Å². The molecule has 2 rings (SSSR count). The van der Waals surface area contributed by atoms with Gasteiger partial charge < -0.3 is 20.4 Å². The molecule has 1 aromatic rings. The number of nitrogens with zero attached hydrogens (tertiary/aromatic N) is 2. The van der Waals surface area contributed by atoms with Crippen LogP contribution < -0.4 is 15.5 Å². The topological polar surface area (TPSA) is 64.7 Å². The number of urea groups is 1. The summed E-state index contributed by atoms with van der Waals surface area (Å²) in [7, 11) is 3.97. The molecular formula is C19H30N4O2. The third-order valence-corrected chi connectivity index (χ3v) is 4.63. The highest BCUT2D eigenvalue weighted by molar-refractivity contribution is 5.78. The number of carbonyl (C=O) groups is 2. The van der Waals surface area contributed by atoms with Crippen molar-refractivity contribution in [2.75, 3.05) is 32.1 Å². The van der Waals surface area contributed by atoms with Crippen LogP contribution in [0.15, 0.2) is 24.3 Å². The zero-order valence-corrected chi connectivity index (χ0v) is 15.5. The molecule has 1 fully saturated rings. The van der Waals surface area contributed by atoms with Gasteiger partial charge in [-0.05, 0) is 43.9 Å². The molecule has 0 aromatic heterocycles. The van der Waals surface area contributed by atoms with Crippen molar-refractivity contribution in [3.63, 3.8) is 0 Å². The maximum absolute atomic E-state index is 12.2. The SMILES string of the molecule is C[C@@H]1CCCCN1C(=O)CCNC(=O)NCc1cccc(N(C)C)c1. The van der Waals surface area contributed by atoms with Gasteiger partial charge in [-0.3, -0.25) is 4.79 Å². The number of hydrogen-bond donors (Lipinski definition) is 2. The maximum atomic E-state index is 12.2. The minimum atomic E-state index is -0.241.